The maximum atomic E-state index is 11.8. The number of hydrogen-bond donors (Lipinski definition) is 1. The molecule has 0 saturated heterocycles. The Morgan fingerprint density at radius 1 is 1.32 bits per heavy atom. The lowest BCUT2D eigenvalue weighted by Gasteiger charge is -2.05. The highest BCUT2D eigenvalue weighted by atomic mass is 16.3. The summed E-state index contributed by atoms with van der Waals surface area (Å²) in [5.74, 6) is -0.384. The Hall–Kier alpha value is -2.27. The maximum Gasteiger partial charge on any atom is 0.205 e. The second-order valence-electron chi connectivity index (χ2n) is 4.04. The van der Waals surface area contributed by atoms with Gasteiger partial charge >= 0.3 is 0 Å². The van der Waals surface area contributed by atoms with E-state index in [0.29, 0.717) is 12.1 Å². The Kier molecular flexibility index (Phi) is 4.58. The third kappa shape index (κ3) is 3.86. The third-order valence-corrected chi connectivity index (χ3v) is 2.56. The van der Waals surface area contributed by atoms with Crippen molar-refractivity contribution in [2.75, 3.05) is 6.61 Å². The largest absolute Gasteiger partial charge is 0.853 e. The summed E-state index contributed by atoms with van der Waals surface area (Å²) in [7, 11) is 0. The van der Waals surface area contributed by atoms with Crippen molar-refractivity contribution in [2.24, 2.45) is 5.10 Å². The van der Waals surface area contributed by atoms with Crippen LogP contribution in [0.2, 0.25) is 0 Å². The van der Waals surface area contributed by atoms with Gasteiger partial charge in [-0.15, -0.1) is 0 Å². The smallest absolute Gasteiger partial charge is 0.205 e. The first kappa shape index (κ1) is 13.2. The molecule has 0 aliphatic heterocycles. The average Bonchev–Trinajstić information content (AvgIpc) is 2.46. The summed E-state index contributed by atoms with van der Waals surface area (Å²) in [6.45, 7) is 0.152. The summed E-state index contributed by atoms with van der Waals surface area (Å²) in [6, 6.07) is 8.88. The minimum absolute atomic E-state index is 0.152. The Balaban J connectivity index is 2.18. The van der Waals surface area contributed by atoms with E-state index in [-0.39, 0.29) is 12.5 Å². The molecule has 19 heavy (non-hydrogen) atoms. The molecule has 2 rings (SSSR count). The molecule has 0 amide bonds. The number of rotatable bonds is 5. The topological polar surface area (TPSA) is 72.4 Å². The monoisotopic (exact) mass is 257 g/mol. The van der Waals surface area contributed by atoms with Crippen LogP contribution >= 0.6 is 0 Å². The molecule has 0 aliphatic carbocycles. The number of pyridine rings is 2. The molecule has 2 heterocycles. The standard InChI is InChI=1S/C14H15N3O2/c18-10-4-6-12-5-3-9-17(11-12)16-14(19)13-7-1-2-8-15-13/h1-3,5,7-9,11,18H,4,6,10H2. The second kappa shape index (κ2) is 6.61. The van der Waals surface area contributed by atoms with Crippen molar-refractivity contribution in [1.29, 1.82) is 0 Å². The van der Waals surface area contributed by atoms with Gasteiger partial charge in [-0.05, 0) is 36.1 Å². The second-order valence-corrected chi connectivity index (χ2v) is 4.04. The minimum atomic E-state index is -0.384. The molecular formula is C14H15N3O2. The molecule has 2 aromatic rings. The van der Waals surface area contributed by atoms with E-state index in [0.717, 1.165) is 12.0 Å². The van der Waals surface area contributed by atoms with E-state index in [4.69, 9.17) is 5.11 Å². The Morgan fingerprint density at radius 3 is 2.95 bits per heavy atom. The summed E-state index contributed by atoms with van der Waals surface area (Å²) in [5.41, 5.74) is 1.34. The van der Waals surface area contributed by atoms with Gasteiger partial charge in [0.25, 0.3) is 0 Å². The van der Waals surface area contributed by atoms with Crippen molar-refractivity contribution >= 4 is 5.90 Å². The molecule has 0 radical (unpaired) electrons. The Morgan fingerprint density at radius 2 is 2.21 bits per heavy atom. The number of aliphatic hydroxyl groups excluding tert-OH is 1. The van der Waals surface area contributed by atoms with E-state index in [1.54, 1.807) is 36.8 Å². The van der Waals surface area contributed by atoms with Crippen LogP contribution in [0.5, 0.6) is 0 Å². The van der Waals surface area contributed by atoms with E-state index in [9.17, 15) is 5.11 Å². The molecule has 0 fully saturated rings. The molecule has 2 aromatic heterocycles. The Bertz CT molecular complexity index is 556. The molecule has 5 heteroatoms. The lowest BCUT2D eigenvalue weighted by atomic mass is 10.2. The summed E-state index contributed by atoms with van der Waals surface area (Å²) < 4.78 is 1.48. The fourth-order valence-electron chi connectivity index (χ4n) is 1.65. The van der Waals surface area contributed by atoms with Crippen molar-refractivity contribution in [3.05, 3.63) is 60.2 Å². The molecule has 1 N–H and O–H groups in total. The van der Waals surface area contributed by atoms with Crippen LogP contribution in [0.3, 0.4) is 0 Å². The molecule has 0 saturated carbocycles. The van der Waals surface area contributed by atoms with Crippen LogP contribution in [0, 0.1) is 0 Å². The first-order valence-electron chi connectivity index (χ1n) is 6.08. The van der Waals surface area contributed by atoms with Crippen LogP contribution in [0.1, 0.15) is 17.7 Å². The quantitative estimate of drug-likeness (QED) is 0.460. The van der Waals surface area contributed by atoms with Crippen LogP contribution in [-0.4, -0.2) is 22.6 Å². The molecule has 98 valence electrons. The average molecular weight is 257 g/mol. The first-order valence-corrected chi connectivity index (χ1v) is 6.08. The van der Waals surface area contributed by atoms with Crippen LogP contribution in [0.4, 0.5) is 0 Å². The van der Waals surface area contributed by atoms with Gasteiger partial charge in [0, 0.05) is 24.4 Å². The van der Waals surface area contributed by atoms with Gasteiger partial charge in [-0.3, -0.25) is 4.98 Å². The van der Waals surface area contributed by atoms with E-state index >= 15 is 0 Å². The van der Waals surface area contributed by atoms with Gasteiger partial charge < -0.3 is 10.2 Å². The minimum Gasteiger partial charge on any atom is -0.853 e. The van der Waals surface area contributed by atoms with Crippen LogP contribution in [0.25, 0.3) is 0 Å². The first-order chi connectivity index (χ1) is 9.29. The van der Waals surface area contributed by atoms with Gasteiger partial charge in [0.05, 0.1) is 11.6 Å². The number of aryl methyl sites for hydroxylation is 1. The van der Waals surface area contributed by atoms with Crippen molar-refractivity contribution in [1.82, 2.24) is 4.98 Å². The van der Waals surface area contributed by atoms with Crippen LogP contribution in [-0.2, 0) is 6.42 Å². The van der Waals surface area contributed by atoms with Gasteiger partial charge in [0.2, 0.25) is 12.4 Å². The predicted molar refractivity (Wildman–Crippen MR) is 68.2 cm³/mol. The van der Waals surface area contributed by atoms with E-state index in [1.807, 2.05) is 12.1 Å². The van der Waals surface area contributed by atoms with Gasteiger partial charge in [-0.25, -0.2) is 0 Å². The zero-order chi connectivity index (χ0) is 13.5. The summed E-state index contributed by atoms with van der Waals surface area (Å²) in [6.07, 6.45) is 6.48. The molecule has 0 aliphatic rings. The van der Waals surface area contributed by atoms with Crippen LogP contribution in [0.15, 0.2) is 54.0 Å². The van der Waals surface area contributed by atoms with E-state index in [2.05, 4.69) is 10.1 Å². The summed E-state index contributed by atoms with van der Waals surface area (Å²) in [5, 5.41) is 24.6. The third-order valence-electron chi connectivity index (χ3n) is 2.56. The molecule has 5 nitrogen and oxygen atoms in total. The van der Waals surface area contributed by atoms with E-state index < -0.39 is 0 Å². The van der Waals surface area contributed by atoms with Crippen molar-refractivity contribution in [3.63, 3.8) is 0 Å². The number of nitrogens with zero attached hydrogens (tertiary/aromatic N) is 3. The van der Waals surface area contributed by atoms with Crippen molar-refractivity contribution in [3.8, 4) is 0 Å². The zero-order valence-corrected chi connectivity index (χ0v) is 10.4. The van der Waals surface area contributed by atoms with Gasteiger partial charge in [-0.2, -0.15) is 0 Å². The normalized spacial score (nSPS) is 11.5. The molecule has 0 bridgehead atoms. The predicted octanol–water partition coefficient (Wildman–Crippen LogP) is -0.136. The highest BCUT2D eigenvalue weighted by Gasteiger charge is 2.02. The SMILES string of the molecule is [O-]/C(=N\[n+]1cccc(CCCO)c1)c1ccccn1. The van der Waals surface area contributed by atoms with Crippen molar-refractivity contribution in [2.45, 2.75) is 12.8 Å². The number of aliphatic hydroxyl groups is 1. The lowest BCUT2D eigenvalue weighted by Crippen LogP contribution is -2.34. The number of aromatic nitrogens is 2. The Labute approximate surface area is 111 Å². The number of hydrogen-bond acceptors (Lipinski definition) is 4. The maximum absolute atomic E-state index is 11.8. The van der Waals surface area contributed by atoms with Gasteiger partial charge in [-0.1, -0.05) is 10.7 Å². The molecule has 0 atom stereocenters. The molecule has 0 spiro atoms. The fourth-order valence-corrected chi connectivity index (χ4v) is 1.65. The highest BCUT2D eigenvalue weighted by Crippen LogP contribution is 1.99. The van der Waals surface area contributed by atoms with Crippen LogP contribution < -0.4 is 9.78 Å². The summed E-state index contributed by atoms with van der Waals surface area (Å²) >= 11 is 0. The van der Waals surface area contributed by atoms with Gasteiger partial charge in [0.1, 0.15) is 0 Å². The van der Waals surface area contributed by atoms with E-state index in [1.165, 1.54) is 4.68 Å². The lowest BCUT2D eigenvalue weighted by molar-refractivity contribution is -0.681. The van der Waals surface area contributed by atoms with Crippen molar-refractivity contribution < 1.29 is 14.9 Å². The zero-order valence-electron chi connectivity index (χ0n) is 10.4. The molecule has 0 unspecified atom stereocenters. The fraction of sp³-hybridized carbons (Fsp3) is 0.214. The van der Waals surface area contributed by atoms with Gasteiger partial charge in [0.15, 0.2) is 0 Å². The molecular weight excluding hydrogens is 242 g/mol. The molecule has 0 aromatic carbocycles. The summed E-state index contributed by atoms with van der Waals surface area (Å²) in [4.78, 5) is 3.96. The highest BCUT2D eigenvalue weighted by molar-refractivity contribution is 5.87.